The van der Waals surface area contributed by atoms with E-state index in [0.29, 0.717) is 0 Å². The van der Waals surface area contributed by atoms with Crippen LogP contribution in [-0.2, 0) is 0 Å². The Morgan fingerprint density at radius 2 is 1.80 bits per heavy atom. The molecule has 3 rings (SSSR count). The second kappa shape index (κ2) is 4.71. The number of nitrogens with zero attached hydrogens (tertiary/aromatic N) is 2. The van der Waals surface area contributed by atoms with Gasteiger partial charge in [-0.25, -0.2) is 4.99 Å². The zero-order valence-electron chi connectivity index (χ0n) is 12.1. The first kappa shape index (κ1) is 12.8. The summed E-state index contributed by atoms with van der Waals surface area (Å²) in [7, 11) is 0. The third-order valence-corrected chi connectivity index (χ3v) is 3.40. The molecule has 2 heteroatoms. The number of fused-ring (bicyclic) bond motifs is 1. The lowest BCUT2D eigenvalue weighted by atomic mass is 9.88. The molecule has 1 aliphatic heterocycles. The Labute approximate surface area is 120 Å². The molecule has 2 nitrogen and oxygen atoms in total. The van der Waals surface area contributed by atoms with E-state index < -0.39 is 0 Å². The monoisotopic (exact) mass is 262 g/mol. The van der Waals surface area contributed by atoms with Gasteiger partial charge < -0.3 is 0 Å². The van der Waals surface area contributed by atoms with E-state index in [2.05, 4.69) is 44.0 Å². The van der Waals surface area contributed by atoms with E-state index in [-0.39, 0.29) is 5.54 Å². The quantitative estimate of drug-likeness (QED) is 0.669. The van der Waals surface area contributed by atoms with Gasteiger partial charge >= 0.3 is 0 Å². The van der Waals surface area contributed by atoms with E-state index in [4.69, 9.17) is 4.99 Å². The normalized spacial score (nSPS) is 21.9. The van der Waals surface area contributed by atoms with Crippen molar-refractivity contribution in [3.05, 3.63) is 65.8 Å². The summed E-state index contributed by atoms with van der Waals surface area (Å²) in [6.45, 7) is 6.39. The van der Waals surface area contributed by atoms with E-state index in [9.17, 15) is 0 Å². The molecule has 0 saturated heterocycles. The van der Waals surface area contributed by atoms with Crippen LogP contribution in [0.15, 0.2) is 75.8 Å². The van der Waals surface area contributed by atoms with Crippen molar-refractivity contribution in [1.29, 1.82) is 0 Å². The number of benzene rings is 1. The van der Waals surface area contributed by atoms with Crippen molar-refractivity contribution in [3.8, 4) is 0 Å². The second-order valence-corrected chi connectivity index (χ2v) is 5.74. The van der Waals surface area contributed by atoms with Crippen LogP contribution in [0.5, 0.6) is 0 Å². The molecule has 1 heterocycles. The van der Waals surface area contributed by atoms with Crippen LogP contribution >= 0.6 is 0 Å². The van der Waals surface area contributed by atoms with Crippen molar-refractivity contribution in [3.63, 3.8) is 0 Å². The van der Waals surface area contributed by atoms with Crippen molar-refractivity contribution in [1.82, 2.24) is 0 Å². The van der Waals surface area contributed by atoms with Gasteiger partial charge in [0, 0.05) is 5.57 Å². The summed E-state index contributed by atoms with van der Waals surface area (Å²) < 4.78 is 0. The van der Waals surface area contributed by atoms with Crippen LogP contribution in [-0.4, -0.2) is 17.0 Å². The van der Waals surface area contributed by atoms with E-state index in [1.165, 1.54) is 11.1 Å². The van der Waals surface area contributed by atoms with Crippen LogP contribution in [0.25, 0.3) is 0 Å². The lowest BCUT2D eigenvalue weighted by molar-refractivity contribution is 0.648. The molecule has 0 bridgehead atoms. The van der Waals surface area contributed by atoms with Crippen LogP contribution < -0.4 is 0 Å². The molecule has 0 N–H and O–H groups in total. The van der Waals surface area contributed by atoms with Crippen molar-refractivity contribution < 1.29 is 0 Å². The zero-order chi connectivity index (χ0) is 14.2. The van der Waals surface area contributed by atoms with Crippen molar-refractivity contribution in [2.75, 3.05) is 0 Å². The van der Waals surface area contributed by atoms with Crippen molar-refractivity contribution in [2.45, 2.75) is 26.3 Å². The summed E-state index contributed by atoms with van der Waals surface area (Å²) in [4.78, 5) is 9.41. The Morgan fingerprint density at radius 1 is 1.05 bits per heavy atom. The Morgan fingerprint density at radius 3 is 2.55 bits per heavy atom. The maximum Gasteiger partial charge on any atom is 0.0744 e. The maximum atomic E-state index is 4.76. The van der Waals surface area contributed by atoms with Gasteiger partial charge in [-0.3, -0.25) is 4.99 Å². The summed E-state index contributed by atoms with van der Waals surface area (Å²) in [5, 5.41) is 0. The topological polar surface area (TPSA) is 24.7 Å². The predicted octanol–water partition coefficient (Wildman–Crippen LogP) is 4.43. The first-order valence-electron chi connectivity index (χ1n) is 6.87. The fourth-order valence-corrected chi connectivity index (χ4v) is 2.61. The van der Waals surface area contributed by atoms with Gasteiger partial charge in [-0.05, 0) is 56.7 Å². The summed E-state index contributed by atoms with van der Waals surface area (Å²) in [5.41, 5.74) is 5.34. The van der Waals surface area contributed by atoms with E-state index in [0.717, 1.165) is 17.1 Å². The SMILES string of the molecule is CC1=CC(C)(C)N=C2C=CC(=Nc3ccccc3)C=C12. The molecule has 0 atom stereocenters. The lowest BCUT2D eigenvalue weighted by Gasteiger charge is -2.26. The number of allylic oxidation sites excluding steroid dienone is 5. The average Bonchev–Trinajstić information content (AvgIpc) is 2.40. The number of rotatable bonds is 1. The van der Waals surface area contributed by atoms with Crippen molar-refractivity contribution in [2.24, 2.45) is 9.98 Å². The molecule has 1 aliphatic carbocycles. The van der Waals surface area contributed by atoms with Crippen LogP contribution in [0.3, 0.4) is 0 Å². The molecular formula is C18H18N2. The molecule has 2 aliphatic rings. The molecule has 0 radical (unpaired) electrons. The molecule has 0 aromatic heterocycles. The average molecular weight is 262 g/mol. The largest absolute Gasteiger partial charge is 0.275 e. The van der Waals surface area contributed by atoms with Crippen LogP contribution in [0.4, 0.5) is 5.69 Å². The van der Waals surface area contributed by atoms with Gasteiger partial charge in [0.25, 0.3) is 0 Å². The lowest BCUT2D eigenvalue weighted by Crippen LogP contribution is -2.24. The molecule has 0 unspecified atom stereocenters. The van der Waals surface area contributed by atoms with E-state index in [1.54, 1.807) is 0 Å². The van der Waals surface area contributed by atoms with E-state index >= 15 is 0 Å². The highest BCUT2D eigenvalue weighted by Crippen LogP contribution is 2.28. The third kappa shape index (κ3) is 2.55. The number of dihydropyridines is 1. The fourth-order valence-electron chi connectivity index (χ4n) is 2.61. The molecule has 100 valence electrons. The molecular weight excluding hydrogens is 244 g/mol. The summed E-state index contributed by atoms with van der Waals surface area (Å²) in [6, 6.07) is 10.0. The van der Waals surface area contributed by atoms with Gasteiger partial charge in [0.15, 0.2) is 0 Å². The Bertz CT molecular complexity index is 683. The number of hydrogen-bond donors (Lipinski definition) is 0. The molecule has 1 aromatic rings. The van der Waals surface area contributed by atoms with Crippen LogP contribution in [0.2, 0.25) is 0 Å². The smallest absolute Gasteiger partial charge is 0.0744 e. The number of para-hydroxylation sites is 1. The van der Waals surface area contributed by atoms with Gasteiger partial charge in [0.1, 0.15) is 0 Å². The summed E-state index contributed by atoms with van der Waals surface area (Å²) in [5.74, 6) is 0. The fraction of sp³-hybridized carbons (Fsp3) is 0.222. The minimum absolute atomic E-state index is 0.116. The second-order valence-electron chi connectivity index (χ2n) is 5.74. The first-order chi connectivity index (χ1) is 9.53. The summed E-state index contributed by atoms with van der Waals surface area (Å²) >= 11 is 0. The predicted molar refractivity (Wildman–Crippen MR) is 86.0 cm³/mol. The first-order valence-corrected chi connectivity index (χ1v) is 6.87. The molecule has 1 aromatic carbocycles. The highest BCUT2D eigenvalue weighted by molar-refractivity contribution is 6.24. The highest BCUT2D eigenvalue weighted by atomic mass is 14.9. The number of aliphatic imine (C=N–C) groups is 2. The Kier molecular flexibility index (Phi) is 3.01. The van der Waals surface area contributed by atoms with Crippen LogP contribution in [0.1, 0.15) is 20.8 Å². The molecule has 20 heavy (non-hydrogen) atoms. The molecule has 0 spiro atoms. The van der Waals surface area contributed by atoms with E-state index in [1.807, 2.05) is 36.4 Å². The highest BCUT2D eigenvalue weighted by Gasteiger charge is 2.23. The Balaban J connectivity index is 1.99. The molecule has 0 amide bonds. The number of hydrogen-bond acceptors (Lipinski definition) is 2. The minimum Gasteiger partial charge on any atom is -0.275 e. The molecule has 0 saturated carbocycles. The van der Waals surface area contributed by atoms with Gasteiger partial charge in [0.2, 0.25) is 0 Å². The van der Waals surface area contributed by atoms with Gasteiger partial charge in [0.05, 0.1) is 22.6 Å². The third-order valence-electron chi connectivity index (χ3n) is 3.40. The van der Waals surface area contributed by atoms with Gasteiger partial charge in [-0.1, -0.05) is 24.3 Å². The Hall–Kier alpha value is -2.22. The minimum atomic E-state index is -0.116. The molecule has 0 fully saturated rings. The zero-order valence-corrected chi connectivity index (χ0v) is 12.1. The maximum absolute atomic E-state index is 4.76. The van der Waals surface area contributed by atoms with Crippen molar-refractivity contribution >= 4 is 17.1 Å². The standard InChI is InChI=1S/C18H18N2/c1-13-12-18(2,3)20-17-10-9-15(11-16(13)17)19-14-7-5-4-6-8-14/h4-12H,1-3H3. The summed E-state index contributed by atoms with van der Waals surface area (Å²) in [6.07, 6.45) is 8.42. The van der Waals surface area contributed by atoms with Gasteiger partial charge in [-0.15, -0.1) is 0 Å². The van der Waals surface area contributed by atoms with Crippen LogP contribution in [0, 0.1) is 0 Å². The van der Waals surface area contributed by atoms with Gasteiger partial charge in [-0.2, -0.15) is 0 Å².